The van der Waals surface area contributed by atoms with Gasteiger partial charge in [-0.1, -0.05) is 11.8 Å². The van der Waals surface area contributed by atoms with Crippen LogP contribution in [0.1, 0.15) is 17.5 Å². The first-order valence-electron chi connectivity index (χ1n) is 3.93. The molecule has 0 aliphatic rings. The van der Waals surface area contributed by atoms with E-state index in [1.54, 1.807) is 6.07 Å². The van der Waals surface area contributed by atoms with Gasteiger partial charge in [-0.3, -0.25) is 0 Å². The van der Waals surface area contributed by atoms with E-state index >= 15 is 0 Å². The van der Waals surface area contributed by atoms with Gasteiger partial charge in [0.05, 0.1) is 12.0 Å². The van der Waals surface area contributed by atoms with Crippen LogP contribution in [0, 0.1) is 23.2 Å². The zero-order valence-electron chi connectivity index (χ0n) is 7.32. The summed E-state index contributed by atoms with van der Waals surface area (Å²) in [7, 11) is 0. The first-order chi connectivity index (χ1) is 6.77. The van der Waals surface area contributed by atoms with Gasteiger partial charge in [0, 0.05) is 5.56 Å². The molecule has 0 unspecified atom stereocenters. The fourth-order valence-corrected chi connectivity index (χ4v) is 0.899. The van der Waals surface area contributed by atoms with Gasteiger partial charge in [-0.25, -0.2) is 0 Å². The average Bonchev–Trinajstić information content (AvgIpc) is 2.18. The van der Waals surface area contributed by atoms with Crippen LogP contribution in [0.5, 0.6) is 5.75 Å². The number of rotatable bonds is 1. The summed E-state index contributed by atoms with van der Waals surface area (Å²) in [4.78, 5) is 9.97. The summed E-state index contributed by atoms with van der Waals surface area (Å²) in [6.45, 7) is 0. The smallest absolute Gasteiger partial charge is 0.134 e. The highest BCUT2D eigenvalue weighted by molar-refractivity contribution is 5.55. The molecule has 3 heteroatoms. The Morgan fingerprint density at radius 1 is 1.50 bits per heavy atom. The highest BCUT2D eigenvalue weighted by Gasteiger charge is 1.98. The second kappa shape index (κ2) is 4.69. The summed E-state index contributed by atoms with van der Waals surface area (Å²) in [5, 5.41) is 17.8. The van der Waals surface area contributed by atoms with Gasteiger partial charge < -0.3 is 9.90 Å². The molecule has 0 aliphatic heterocycles. The van der Waals surface area contributed by atoms with E-state index in [0.717, 1.165) is 0 Å². The van der Waals surface area contributed by atoms with Gasteiger partial charge in [-0.05, 0) is 18.2 Å². The Kier molecular flexibility index (Phi) is 3.29. The predicted octanol–water partition coefficient (Wildman–Crippen LogP) is 1.20. The Balaban J connectivity index is 2.95. The zero-order valence-corrected chi connectivity index (χ0v) is 7.32. The van der Waals surface area contributed by atoms with Crippen molar-refractivity contribution in [3.05, 3.63) is 29.3 Å². The van der Waals surface area contributed by atoms with Gasteiger partial charge in [0.25, 0.3) is 0 Å². The highest BCUT2D eigenvalue weighted by Crippen LogP contribution is 2.16. The number of carbonyl (C=O) groups is 1. The molecular formula is C11H7NO2. The van der Waals surface area contributed by atoms with Gasteiger partial charge in [-0.15, -0.1) is 0 Å². The van der Waals surface area contributed by atoms with Crippen LogP contribution in [0.4, 0.5) is 0 Å². The van der Waals surface area contributed by atoms with E-state index in [9.17, 15) is 9.90 Å². The lowest BCUT2D eigenvalue weighted by molar-refractivity contribution is -0.107. The van der Waals surface area contributed by atoms with E-state index in [1.165, 1.54) is 12.1 Å². The number of nitriles is 1. The first kappa shape index (κ1) is 9.83. The van der Waals surface area contributed by atoms with Crippen LogP contribution in [0.25, 0.3) is 0 Å². The van der Waals surface area contributed by atoms with Crippen molar-refractivity contribution in [2.75, 3.05) is 0 Å². The predicted molar refractivity (Wildman–Crippen MR) is 50.4 cm³/mol. The lowest BCUT2D eigenvalue weighted by atomic mass is 10.1. The van der Waals surface area contributed by atoms with Crippen LogP contribution >= 0.6 is 0 Å². The monoisotopic (exact) mass is 185 g/mol. The Hall–Kier alpha value is -2.26. The molecule has 1 aromatic carbocycles. The maximum absolute atomic E-state index is 9.97. The molecule has 1 aromatic rings. The summed E-state index contributed by atoms with van der Waals surface area (Å²) in [5.74, 6) is 5.20. The van der Waals surface area contributed by atoms with E-state index in [4.69, 9.17) is 5.26 Å². The molecule has 0 saturated carbocycles. The molecule has 0 bridgehead atoms. The fourth-order valence-electron chi connectivity index (χ4n) is 0.899. The third-order valence-corrected chi connectivity index (χ3v) is 1.54. The Bertz CT molecular complexity index is 447. The van der Waals surface area contributed by atoms with E-state index < -0.39 is 0 Å². The Morgan fingerprint density at radius 3 is 2.86 bits per heavy atom. The third kappa shape index (κ3) is 2.36. The van der Waals surface area contributed by atoms with E-state index in [2.05, 4.69) is 11.8 Å². The summed E-state index contributed by atoms with van der Waals surface area (Å²) in [5.41, 5.74) is 0.800. The Morgan fingerprint density at radius 2 is 2.29 bits per heavy atom. The number of hydrogen-bond acceptors (Lipinski definition) is 3. The number of benzene rings is 1. The third-order valence-electron chi connectivity index (χ3n) is 1.54. The summed E-state index contributed by atoms with van der Waals surface area (Å²) >= 11 is 0. The fraction of sp³-hybridized carbons (Fsp3) is 0.0909. The van der Waals surface area contributed by atoms with Gasteiger partial charge in [0.2, 0.25) is 0 Å². The van der Waals surface area contributed by atoms with Gasteiger partial charge in [0.1, 0.15) is 18.1 Å². The van der Waals surface area contributed by atoms with Crippen molar-refractivity contribution in [1.82, 2.24) is 0 Å². The highest BCUT2D eigenvalue weighted by atomic mass is 16.3. The minimum Gasteiger partial charge on any atom is -0.507 e. The van der Waals surface area contributed by atoms with Gasteiger partial charge in [-0.2, -0.15) is 5.26 Å². The van der Waals surface area contributed by atoms with Crippen LogP contribution in [0.3, 0.4) is 0 Å². The number of aldehydes is 1. The molecule has 0 spiro atoms. The summed E-state index contributed by atoms with van der Waals surface area (Å²) in [6.07, 6.45) is 0.872. The van der Waals surface area contributed by atoms with Crippen LogP contribution in [-0.4, -0.2) is 11.4 Å². The molecule has 0 saturated heterocycles. The van der Waals surface area contributed by atoms with Gasteiger partial charge >= 0.3 is 0 Å². The zero-order chi connectivity index (χ0) is 10.4. The molecule has 14 heavy (non-hydrogen) atoms. The lowest BCUT2D eigenvalue weighted by Crippen LogP contribution is -1.79. The molecule has 0 heterocycles. The van der Waals surface area contributed by atoms with Crippen LogP contribution in [-0.2, 0) is 4.79 Å². The van der Waals surface area contributed by atoms with Crippen molar-refractivity contribution >= 4 is 6.29 Å². The average molecular weight is 185 g/mol. The number of nitrogens with zero attached hydrogens (tertiary/aromatic N) is 1. The molecule has 68 valence electrons. The molecule has 0 amide bonds. The van der Waals surface area contributed by atoms with E-state index in [1.807, 2.05) is 6.07 Å². The van der Waals surface area contributed by atoms with Crippen molar-refractivity contribution in [3.63, 3.8) is 0 Å². The molecule has 0 fully saturated rings. The number of phenolic OH excluding ortho intramolecular Hbond substituents is 1. The lowest BCUT2D eigenvalue weighted by Gasteiger charge is -1.95. The number of phenols is 1. The second-order valence-electron chi connectivity index (χ2n) is 2.52. The van der Waals surface area contributed by atoms with Crippen LogP contribution in [0.15, 0.2) is 18.2 Å². The SMILES string of the molecule is N#Cc1ccc(C#CCC=O)cc1O. The number of aromatic hydroxyl groups is 1. The van der Waals surface area contributed by atoms with Crippen molar-refractivity contribution in [3.8, 4) is 23.7 Å². The topological polar surface area (TPSA) is 61.1 Å². The van der Waals surface area contributed by atoms with Gasteiger partial charge in [0.15, 0.2) is 0 Å². The molecule has 0 aliphatic carbocycles. The molecule has 1 rings (SSSR count). The van der Waals surface area contributed by atoms with Crippen molar-refractivity contribution in [2.24, 2.45) is 0 Å². The minimum atomic E-state index is -0.0922. The van der Waals surface area contributed by atoms with E-state index in [0.29, 0.717) is 11.8 Å². The van der Waals surface area contributed by atoms with Crippen LogP contribution < -0.4 is 0 Å². The summed E-state index contributed by atoms with van der Waals surface area (Å²) < 4.78 is 0. The quantitative estimate of drug-likeness (QED) is 0.528. The molecular weight excluding hydrogens is 178 g/mol. The largest absolute Gasteiger partial charge is 0.507 e. The van der Waals surface area contributed by atoms with Crippen LogP contribution in [0.2, 0.25) is 0 Å². The molecule has 1 N–H and O–H groups in total. The molecule has 0 radical (unpaired) electrons. The van der Waals surface area contributed by atoms with Crippen molar-refractivity contribution in [2.45, 2.75) is 6.42 Å². The molecule has 0 atom stereocenters. The molecule has 0 aromatic heterocycles. The Labute approximate surface area is 81.6 Å². The maximum Gasteiger partial charge on any atom is 0.134 e. The summed E-state index contributed by atoms with van der Waals surface area (Å²) in [6, 6.07) is 6.34. The normalized spacial score (nSPS) is 8.21. The second-order valence-corrected chi connectivity index (χ2v) is 2.52. The molecule has 3 nitrogen and oxygen atoms in total. The number of carbonyl (C=O) groups excluding carboxylic acids is 1. The first-order valence-corrected chi connectivity index (χ1v) is 3.93. The van der Waals surface area contributed by atoms with Crippen molar-refractivity contribution < 1.29 is 9.90 Å². The number of hydrogen-bond donors (Lipinski definition) is 1. The minimum absolute atomic E-state index is 0.0922. The standard InChI is InChI=1S/C11H7NO2/c12-8-10-5-4-9(7-11(10)14)3-1-2-6-13/h4-7,14H,2H2. The van der Waals surface area contributed by atoms with Crippen molar-refractivity contribution in [1.29, 1.82) is 5.26 Å². The van der Waals surface area contributed by atoms with E-state index in [-0.39, 0.29) is 17.7 Å². The maximum atomic E-state index is 9.97.